The topological polar surface area (TPSA) is 76.9 Å². The molecule has 1 aromatic carbocycles. The van der Waals surface area contributed by atoms with E-state index in [2.05, 4.69) is 15.3 Å². The maximum atomic E-state index is 12.8. The second-order valence-electron chi connectivity index (χ2n) is 6.76. The van der Waals surface area contributed by atoms with E-state index in [4.69, 9.17) is 0 Å². The zero-order chi connectivity index (χ0) is 20.4. The van der Waals surface area contributed by atoms with Crippen LogP contribution in [0.5, 0.6) is 0 Å². The summed E-state index contributed by atoms with van der Waals surface area (Å²) < 4.78 is 1.55. The van der Waals surface area contributed by atoms with Crippen LogP contribution in [0.3, 0.4) is 0 Å². The molecule has 1 amide bonds. The molecule has 3 heterocycles. The number of nitrogens with one attached hydrogen (secondary N) is 1. The zero-order valence-electron chi connectivity index (χ0n) is 16.2. The molecule has 0 saturated heterocycles. The van der Waals surface area contributed by atoms with Crippen molar-refractivity contribution in [1.82, 2.24) is 14.5 Å². The van der Waals surface area contributed by atoms with Gasteiger partial charge in [-0.05, 0) is 61.2 Å². The second kappa shape index (κ2) is 7.97. The van der Waals surface area contributed by atoms with Crippen molar-refractivity contribution in [2.45, 2.75) is 26.8 Å². The van der Waals surface area contributed by atoms with Gasteiger partial charge in [-0.2, -0.15) is 0 Å². The van der Waals surface area contributed by atoms with Crippen LogP contribution < -0.4 is 10.9 Å². The first-order valence-electron chi connectivity index (χ1n) is 9.34. The number of rotatable bonds is 5. The van der Waals surface area contributed by atoms with Crippen LogP contribution in [0, 0.1) is 6.92 Å². The molecule has 146 valence electrons. The van der Waals surface area contributed by atoms with E-state index in [-0.39, 0.29) is 11.5 Å². The van der Waals surface area contributed by atoms with Gasteiger partial charge in [-0.1, -0.05) is 12.1 Å². The van der Waals surface area contributed by atoms with Crippen molar-refractivity contribution in [3.05, 3.63) is 87.0 Å². The molecule has 0 aliphatic carbocycles. The fourth-order valence-electron chi connectivity index (χ4n) is 3.23. The second-order valence-corrected chi connectivity index (χ2v) is 7.75. The van der Waals surface area contributed by atoms with Crippen LogP contribution >= 0.6 is 11.3 Å². The molecule has 0 aliphatic heterocycles. The number of aryl methyl sites for hydroxylation is 2. The lowest BCUT2D eigenvalue weighted by Gasteiger charge is -2.06. The summed E-state index contributed by atoms with van der Waals surface area (Å²) in [4.78, 5) is 34.8. The molecule has 29 heavy (non-hydrogen) atoms. The quantitative estimate of drug-likeness (QED) is 0.545. The summed E-state index contributed by atoms with van der Waals surface area (Å²) >= 11 is 1.25. The highest BCUT2D eigenvalue weighted by atomic mass is 32.1. The van der Waals surface area contributed by atoms with Gasteiger partial charge in [0.2, 0.25) is 0 Å². The molecule has 0 fully saturated rings. The fourth-order valence-corrected chi connectivity index (χ4v) is 4.27. The number of nitrogens with zero attached hydrogens (tertiary/aromatic N) is 3. The monoisotopic (exact) mass is 404 g/mol. The maximum Gasteiger partial charge on any atom is 0.266 e. The van der Waals surface area contributed by atoms with E-state index in [1.54, 1.807) is 23.9 Å². The molecule has 0 bridgehead atoms. The predicted octanol–water partition coefficient (Wildman–Crippen LogP) is 4.02. The lowest BCUT2D eigenvalue weighted by atomic mass is 10.1. The minimum absolute atomic E-state index is 0.106. The molecule has 0 aliphatic rings. The van der Waals surface area contributed by atoms with Gasteiger partial charge >= 0.3 is 0 Å². The standard InChI is InChI=1S/C22H20N4O2S/c1-3-26-13-24-21-18(22(26)28)14(2)19(29-21)20(27)25-17-6-4-15(5-7-17)12-16-8-10-23-11-9-16/h4-11,13H,3,12H2,1-2H3,(H,25,27). The van der Waals surface area contributed by atoms with E-state index in [1.807, 2.05) is 43.3 Å². The van der Waals surface area contributed by atoms with Gasteiger partial charge in [0, 0.05) is 24.6 Å². The third-order valence-electron chi connectivity index (χ3n) is 4.83. The molecule has 3 aromatic heterocycles. The van der Waals surface area contributed by atoms with Crippen molar-refractivity contribution in [2.24, 2.45) is 0 Å². The minimum Gasteiger partial charge on any atom is -0.321 e. The summed E-state index contributed by atoms with van der Waals surface area (Å²) in [5.41, 5.74) is 3.62. The number of carbonyl (C=O) groups is 1. The van der Waals surface area contributed by atoms with Gasteiger partial charge in [-0.25, -0.2) is 4.98 Å². The van der Waals surface area contributed by atoms with Crippen molar-refractivity contribution in [2.75, 3.05) is 5.32 Å². The number of benzene rings is 1. The lowest BCUT2D eigenvalue weighted by molar-refractivity contribution is 0.103. The average molecular weight is 404 g/mol. The van der Waals surface area contributed by atoms with Crippen molar-refractivity contribution in [3.63, 3.8) is 0 Å². The number of hydrogen-bond acceptors (Lipinski definition) is 5. The van der Waals surface area contributed by atoms with Crippen molar-refractivity contribution in [1.29, 1.82) is 0 Å². The van der Waals surface area contributed by atoms with Crippen LogP contribution in [-0.4, -0.2) is 20.4 Å². The lowest BCUT2D eigenvalue weighted by Crippen LogP contribution is -2.19. The SMILES string of the molecule is CCn1cnc2sc(C(=O)Nc3ccc(Cc4ccncc4)cc3)c(C)c2c1=O. The Morgan fingerprint density at radius 2 is 1.79 bits per heavy atom. The Morgan fingerprint density at radius 1 is 1.10 bits per heavy atom. The van der Waals surface area contributed by atoms with Gasteiger partial charge < -0.3 is 5.32 Å². The van der Waals surface area contributed by atoms with Gasteiger partial charge in [0.15, 0.2) is 0 Å². The molecule has 7 heteroatoms. The van der Waals surface area contributed by atoms with Gasteiger partial charge in [0.05, 0.1) is 16.6 Å². The molecular weight excluding hydrogens is 384 g/mol. The van der Waals surface area contributed by atoms with Crippen molar-refractivity contribution >= 4 is 33.1 Å². The summed E-state index contributed by atoms with van der Waals surface area (Å²) in [6.45, 7) is 4.24. The Morgan fingerprint density at radius 3 is 2.48 bits per heavy atom. The number of thiophene rings is 1. The summed E-state index contributed by atoms with van der Waals surface area (Å²) in [7, 11) is 0. The van der Waals surface area contributed by atoms with E-state index >= 15 is 0 Å². The van der Waals surface area contributed by atoms with E-state index < -0.39 is 0 Å². The van der Waals surface area contributed by atoms with Crippen LogP contribution in [0.15, 0.2) is 59.9 Å². The first kappa shape index (κ1) is 19.0. The molecule has 0 saturated carbocycles. The summed E-state index contributed by atoms with van der Waals surface area (Å²) in [6, 6.07) is 11.7. The first-order valence-corrected chi connectivity index (χ1v) is 10.2. The van der Waals surface area contributed by atoms with Crippen molar-refractivity contribution in [3.8, 4) is 0 Å². The van der Waals surface area contributed by atoms with E-state index in [9.17, 15) is 9.59 Å². The number of aromatic nitrogens is 3. The van der Waals surface area contributed by atoms with Crippen molar-refractivity contribution < 1.29 is 4.79 Å². The van der Waals surface area contributed by atoms with Crippen LogP contribution in [0.25, 0.3) is 10.2 Å². The van der Waals surface area contributed by atoms with E-state index in [0.717, 1.165) is 12.0 Å². The predicted molar refractivity (Wildman–Crippen MR) is 116 cm³/mol. The Hall–Kier alpha value is -3.32. The largest absolute Gasteiger partial charge is 0.321 e. The maximum absolute atomic E-state index is 12.8. The van der Waals surface area contributed by atoms with Gasteiger partial charge in [0.1, 0.15) is 4.83 Å². The Labute approximate surface area is 171 Å². The third kappa shape index (κ3) is 3.82. The fraction of sp³-hybridized carbons (Fsp3) is 0.182. The molecule has 4 aromatic rings. The highest BCUT2D eigenvalue weighted by Crippen LogP contribution is 2.27. The molecule has 4 rings (SSSR count). The van der Waals surface area contributed by atoms with Gasteiger partial charge in [-0.3, -0.25) is 19.1 Å². The van der Waals surface area contributed by atoms with Crippen LogP contribution in [-0.2, 0) is 13.0 Å². The van der Waals surface area contributed by atoms with Crippen LogP contribution in [0.2, 0.25) is 0 Å². The van der Waals surface area contributed by atoms with Gasteiger partial charge in [-0.15, -0.1) is 11.3 Å². The number of pyridine rings is 1. The highest BCUT2D eigenvalue weighted by Gasteiger charge is 2.19. The Balaban J connectivity index is 1.54. The molecule has 0 spiro atoms. The highest BCUT2D eigenvalue weighted by molar-refractivity contribution is 7.20. The summed E-state index contributed by atoms with van der Waals surface area (Å²) in [6.07, 6.45) is 5.90. The van der Waals surface area contributed by atoms with E-state index in [0.29, 0.717) is 32.9 Å². The Bertz CT molecular complexity index is 1230. The average Bonchev–Trinajstić information content (AvgIpc) is 3.08. The van der Waals surface area contributed by atoms with E-state index in [1.165, 1.54) is 23.2 Å². The summed E-state index contributed by atoms with van der Waals surface area (Å²) in [5.74, 6) is -0.227. The molecule has 0 atom stereocenters. The minimum atomic E-state index is -0.227. The molecule has 1 N–H and O–H groups in total. The van der Waals surface area contributed by atoms with Crippen LogP contribution in [0.1, 0.15) is 33.3 Å². The molecule has 6 nitrogen and oxygen atoms in total. The normalized spacial score (nSPS) is 11.0. The number of fused-ring (bicyclic) bond motifs is 1. The molecule has 0 unspecified atom stereocenters. The number of anilines is 1. The van der Waals surface area contributed by atoms with Gasteiger partial charge in [0.25, 0.3) is 11.5 Å². The molecular formula is C22H20N4O2S. The zero-order valence-corrected chi connectivity index (χ0v) is 17.0. The summed E-state index contributed by atoms with van der Waals surface area (Å²) in [5, 5.41) is 3.45. The number of hydrogen-bond donors (Lipinski definition) is 1. The number of amides is 1. The Kier molecular flexibility index (Phi) is 5.22. The third-order valence-corrected chi connectivity index (χ3v) is 6.03. The van der Waals surface area contributed by atoms with Crippen LogP contribution in [0.4, 0.5) is 5.69 Å². The molecule has 0 radical (unpaired) electrons. The first-order chi connectivity index (χ1) is 14.1. The smallest absolute Gasteiger partial charge is 0.266 e. The number of carbonyl (C=O) groups excluding carboxylic acids is 1.